The summed E-state index contributed by atoms with van der Waals surface area (Å²) in [5.41, 5.74) is 3.83. The SMILES string of the molecule is Cc1cc(C(=O)CCl)c(C)n1Cc1ccnn1C. The van der Waals surface area contributed by atoms with Crippen molar-refractivity contribution in [1.29, 1.82) is 0 Å². The Morgan fingerprint density at radius 2 is 2.17 bits per heavy atom. The van der Waals surface area contributed by atoms with Gasteiger partial charge in [0.05, 0.1) is 18.1 Å². The summed E-state index contributed by atoms with van der Waals surface area (Å²) in [4.78, 5) is 11.7. The Bertz CT molecular complexity index is 583. The van der Waals surface area contributed by atoms with E-state index in [1.165, 1.54) is 0 Å². The van der Waals surface area contributed by atoms with Crippen molar-refractivity contribution < 1.29 is 4.79 Å². The van der Waals surface area contributed by atoms with Crippen molar-refractivity contribution in [2.24, 2.45) is 7.05 Å². The molecule has 0 unspecified atom stereocenters. The minimum atomic E-state index is -0.0268. The van der Waals surface area contributed by atoms with Gasteiger partial charge in [-0.1, -0.05) is 0 Å². The van der Waals surface area contributed by atoms with Crippen LogP contribution in [0.5, 0.6) is 0 Å². The molecule has 0 aliphatic carbocycles. The van der Waals surface area contributed by atoms with Crippen LogP contribution in [-0.2, 0) is 13.6 Å². The van der Waals surface area contributed by atoms with Crippen molar-refractivity contribution >= 4 is 17.4 Å². The molecule has 2 rings (SSSR count). The Kier molecular flexibility index (Phi) is 3.57. The van der Waals surface area contributed by atoms with E-state index in [0.29, 0.717) is 12.1 Å². The molecule has 2 heterocycles. The van der Waals surface area contributed by atoms with E-state index in [1.54, 1.807) is 6.20 Å². The number of hydrogen-bond acceptors (Lipinski definition) is 2. The number of aryl methyl sites for hydroxylation is 2. The van der Waals surface area contributed by atoms with Gasteiger partial charge >= 0.3 is 0 Å². The minimum Gasteiger partial charge on any atom is -0.343 e. The number of halogens is 1. The molecule has 0 amide bonds. The molecule has 18 heavy (non-hydrogen) atoms. The molecule has 0 aromatic carbocycles. The normalized spacial score (nSPS) is 10.9. The molecule has 2 aromatic heterocycles. The number of alkyl halides is 1. The van der Waals surface area contributed by atoms with Gasteiger partial charge in [0, 0.05) is 30.2 Å². The molecule has 0 aliphatic rings. The van der Waals surface area contributed by atoms with Crippen molar-refractivity contribution in [2.45, 2.75) is 20.4 Å². The molecule has 96 valence electrons. The molecule has 0 spiro atoms. The molecule has 0 saturated heterocycles. The van der Waals surface area contributed by atoms with Gasteiger partial charge in [0.25, 0.3) is 0 Å². The number of Topliss-reactive ketones (excluding diaryl/α,β-unsaturated/α-hetero) is 1. The third-order valence-electron chi connectivity index (χ3n) is 3.24. The van der Waals surface area contributed by atoms with E-state index >= 15 is 0 Å². The van der Waals surface area contributed by atoms with Crippen molar-refractivity contribution in [2.75, 3.05) is 5.88 Å². The number of carbonyl (C=O) groups is 1. The van der Waals surface area contributed by atoms with E-state index in [4.69, 9.17) is 11.6 Å². The van der Waals surface area contributed by atoms with Crippen LogP contribution in [0.4, 0.5) is 0 Å². The van der Waals surface area contributed by atoms with Gasteiger partial charge in [-0.3, -0.25) is 9.48 Å². The Morgan fingerprint density at radius 1 is 1.44 bits per heavy atom. The van der Waals surface area contributed by atoms with Crippen LogP contribution < -0.4 is 0 Å². The zero-order valence-corrected chi connectivity index (χ0v) is 11.5. The van der Waals surface area contributed by atoms with Gasteiger partial charge in [0.2, 0.25) is 0 Å². The highest BCUT2D eigenvalue weighted by molar-refractivity contribution is 6.30. The smallest absolute Gasteiger partial charge is 0.179 e. The molecule has 0 aliphatic heterocycles. The number of rotatable bonds is 4. The largest absolute Gasteiger partial charge is 0.343 e. The third kappa shape index (κ3) is 2.20. The Labute approximate surface area is 111 Å². The van der Waals surface area contributed by atoms with Crippen LogP contribution in [-0.4, -0.2) is 26.0 Å². The van der Waals surface area contributed by atoms with E-state index < -0.39 is 0 Å². The lowest BCUT2D eigenvalue weighted by Gasteiger charge is -2.09. The summed E-state index contributed by atoms with van der Waals surface area (Å²) in [5, 5.41) is 4.15. The molecule has 0 saturated carbocycles. The highest BCUT2D eigenvalue weighted by Gasteiger charge is 2.15. The first-order valence-electron chi connectivity index (χ1n) is 5.77. The van der Waals surface area contributed by atoms with Crippen LogP contribution in [0, 0.1) is 13.8 Å². The van der Waals surface area contributed by atoms with Crippen LogP contribution in [0.1, 0.15) is 27.4 Å². The van der Waals surface area contributed by atoms with Crippen molar-refractivity contribution in [1.82, 2.24) is 14.3 Å². The topological polar surface area (TPSA) is 39.8 Å². The molecular formula is C13H16ClN3O. The van der Waals surface area contributed by atoms with E-state index in [-0.39, 0.29) is 11.7 Å². The fourth-order valence-electron chi connectivity index (χ4n) is 2.12. The average molecular weight is 266 g/mol. The van der Waals surface area contributed by atoms with Gasteiger partial charge in [-0.15, -0.1) is 11.6 Å². The van der Waals surface area contributed by atoms with E-state index in [1.807, 2.05) is 37.7 Å². The van der Waals surface area contributed by atoms with E-state index in [0.717, 1.165) is 17.1 Å². The van der Waals surface area contributed by atoms with Gasteiger partial charge in [0.15, 0.2) is 5.78 Å². The first-order chi connectivity index (χ1) is 8.54. The first-order valence-corrected chi connectivity index (χ1v) is 6.30. The molecule has 0 N–H and O–H groups in total. The predicted octanol–water partition coefficient (Wildman–Crippen LogP) is 2.31. The molecule has 4 nitrogen and oxygen atoms in total. The maximum absolute atomic E-state index is 11.7. The zero-order chi connectivity index (χ0) is 13.3. The Morgan fingerprint density at radius 3 is 2.72 bits per heavy atom. The monoisotopic (exact) mass is 265 g/mol. The quantitative estimate of drug-likeness (QED) is 0.629. The summed E-state index contributed by atoms with van der Waals surface area (Å²) in [6, 6.07) is 3.87. The average Bonchev–Trinajstić information content (AvgIpc) is 2.87. The molecule has 5 heteroatoms. The van der Waals surface area contributed by atoms with Crippen molar-refractivity contribution in [3.63, 3.8) is 0 Å². The summed E-state index contributed by atoms with van der Waals surface area (Å²) in [6.45, 7) is 4.65. The summed E-state index contributed by atoms with van der Waals surface area (Å²) in [5.74, 6) is -0.00302. The van der Waals surface area contributed by atoms with Gasteiger partial charge in [-0.25, -0.2) is 0 Å². The Hall–Kier alpha value is -1.55. The zero-order valence-electron chi connectivity index (χ0n) is 10.8. The molecule has 0 atom stereocenters. The standard InChI is InChI=1S/C13H16ClN3O/c1-9-6-12(13(18)7-14)10(2)17(9)8-11-4-5-15-16(11)3/h4-6H,7-8H2,1-3H3. The molecule has 2 aromatic rings. The maximum atomic E-state index is 11.7. The fourth-order valence-corrected chi connectivity index (χ4v) is 2.26. The summed E-state index contributed by atoms with van der Waals surface area (Å²) >= 11 is 5.62. The lowest BCUT2D eigenvalue weighted by molar-refractivity contribution is 0.102. The first kappa shape index (κ1) is 12.9. The number of hydrogen-bond donors (Lipinski definition) is 0. The number of nitrogens with zero attached hydrogens (tertiary/aromatic N) is 3. The van der Waals surface area contributed by atoms with Crippen LogP contribution >= 0.6 is 11.6 Å². The summed E-state index contributed by atoms with van der Waals surface area (Å²) < 4.78 is 3.94. The molecule has 0 bridgehead atoms. The van der Waals surface area contributed by atoms with Crippen molar-refractivity contribution in [3.05, 3.63) is 41.0 Å². The van der Waals surface area contributed by atoms with Crippen LogP contribution in [0.2, 0.25) is 0 Å². The number of carbonyl (C=O) groups excluding carboxylic acids is 1. The maximum Gasteiger partial charge on any atom is 0.179 e. The fraction of sp³-hybridized carbons (Fsp3) is 0.385. The van der Waals surface area contributed by atoms with Gasteiger partial charge < -0.3 is 4.57 Å². The highest BCUT2D eigenvalue weighted by Crippen LogP contribution is 2.17. The van der Waals surface area contributed by atoms with Gasteiger partial charge in [-0.2, -0.15) is 5.10 Å². The van der Waals surface area contributed by atoms with Gasteiger partial charge in [0.1, 0.15) is 0 Å². The summed E-state index contributed by atoms with van der Waals surface area (Å²) in [6.07, 6.45) is 1.77. The second kappa shape index (κ2) is 4.98. The van der Waals surface area contributed by atoms with Crippen LogP contribution in [0.15, 0.2) is 18.3 Å². The van der Waals surface area contributed by atoms with E-state index in [9.17, 15) is 4.79 Å². The molecule has 0 fully saturated rings. The van der Waals surface area contributed by atoms with Gasteiger partial charge in [-0.05, 0) is 26.0 Å². The van der Waals surface area contributed by atoms with E-state index in [2.05, 4.69) is 9.67 Å². The van der Waals surface area contributed by atoms with Crippen LogP contribution in [0.3, 0.4) is 0 Å². The second-order valence-corrected chi connectivity index (χ2v) is 4.64. The highest BCUT2D eigenvalue weighted by atomic mass is 35.5. The van der Waals surface area contributed by atoms with Crippen molar-refractivity contribution in [3.8, 4) is 0 Å². The predicted molar refractivity (Wildman–Crippen MR) is 71.3 cm³/mol. The third-order valence-corrected chi connectivity index (χ3v) is 3.48. The Balaban J connectivity index is 2.37. The lowest BCUT2D eigenvalue weighted by Crippen LogP contribution is -2.09. The van der Waals surface area contributed by atoms with Crippen LogP contribution in [0.25, 0.3) is 0 Å². The molecule has 0 radical (unpaired) electrons. The summed E-state index contributed by atoms with van der Waals surface area (Å²) in [7, 11) is 1.91. The number of aromatic nitrogens is 3. The second-order valence-electron chi connectivity index (χ2n) is 4.37. The number of ketones is 1. The lowest BCUT2D eigenvalue weighted by atomic mass is 10.2. The molecular weight excluding hydrogens is 250 g/mol. The minimum absolute atomic E-state index is 0.0238.